The van der Waals surface area contributed by atoms with Gasteiger partial charge in [-0.25, -0.2) is 4.68 Å². The van der Waals surface area contributed by atoms with Crippen LogP contribution in [0.3, 0.4) is 0 Å². The number of hydrogen-bond acceptors (Lipinski definition) is 3. The fraction of sp³-hybridized carbons (Fsp3) is 0.333. The number of hydrogen-bond donors (Lipinski definition) is 1. The fourth-order valence-electron chi connectivity index (χ4n) is 1.70. The molecule has 2 aromatic rings. The molecule has 0 aliphatic heterocycles. The Bertz CT molecular complexity index is 560. The van der Waals surface area contributed by atoms with Gasteiger partial charge in [0.2, 0.25) is 0 Å². The first-order valence-corrected chi connectivity index (χ1v) is 5.69. The summed E-state index contributed by atoms with van der Waals surface area (Å²) in [5.41, 5.74) is 6.09. The van der Waals surface area contributed by atoms with Crippen molar-refractivity contribution in [1.82, 2.24) is 14.8 Å². The Labute approximate surface area is 108 Å². The summed E-state index contributed by atoms with van der Waals surface area (Å²) in [5, 5.41) is 3.49. The third kappa shape index (κ3) is 3.31. The van der Waals surface area contributed by atoms with Gasteiger partial charge in [0.1, 0.15) is 0 Å². The highest BCUT2D eigenvalue weighted by Gasteiger charge is 2.33. The highest BCUT2D eigenvalue weighted by Crippen LogP contribution is 2.27. The zero-order valence-corrected chi connectivity index (χ0v) is 10.2. The highest BCUT2D eigenvalue weighted by atomic mass is 19.4. The van der Waals surface area contributed by atoms with Crippen molar-refractivity contribution < 1.29 is 13.2 Å². The van der Waals surface area contributed by atoms with E-state index in [1.807, 2.05) is 6.92 Å². The summed E-state index contributed by atoms with van der Waals surface area (Å²) in [5.74, 6) is 0. The molecule has 19 heavy (non-hydrogen) atoms. The summed E-state index contributed by atoms with van der Waals surface area (Å²) in [6.07, 6.45) is 0.519. The van der Waals surface area contributed by atoms with E-state index in [9.17, 15) is 13.2 Å². The van der Waals surface area contributed by atoms with Gasteiger partial charge in [-0.15, -0.1) is 0 Å². The second-order valence-corrected chi connectivity index (χ2v) is 4.38. The summed E-state index contributed by atoms with van der Waals surface area (Å²) in [6, 6.07) is 2.61. The van der Waals surface area contributed by atoms with Crippen LogP contribution in [0.2, 0.25) is 0 Å². The first-order valence-electron chi connectivity index (χ1n) is 5.69. The third-order valence-corrected chi connectivity index (χ3v) is 2.48. The highest BCUT2D eigenvalue weighted by molar-refractivity contribution is 5.32. The van der Waals surface area contributed by atoms with E-state index in [4.69, 9.17) is 5.73 Å². The molecule has 2 rings (SSSR count). The molecule has 2 aromatic heterocycles. The molecule has 0 bridgehead atoms. The smallest absolute Gasteiger partial charge is 0.328 e. The Morgan fingerprint density at radius 3 is 2.68 bits per heavy atom. The van der Waals surface area contributed by atoms with Gasteiger partial charge in [0.05, 0.1) is 11.9 Å². The summed E-state index contributed by atoms with van der Waals surface area (Å²) in [6.45, 7) is 1.85. The molecule has 7 heteroatoms. The average molecular weight is 270 g/mol. The molecule has 0 aromatic carbocycles. The van der Waals surface area contributed by atoms with Crippen molar-refractivity contribution in [3.63, 3.8) is 0 Å². The Balaban J connectivity index is 2.29. The van der Waals surface area contributed by atoms with Gasteiger partial charge < -0.3 is 5.73 Å². The topological polar surface area (TPSA) is 56.7 Å². The van der Waals surface area contributed by atoms with Crippen LogP contribution in [0.5, 0.6) is 0 Å². The molecule has 0 radical (unpaired) electrons. The maximum absolute atomic E-state index is 12.5. The molecule has 2 N–H and O–H groups in total. The second kappa shape index (κ2) is 5.00. The van der Waals surface area contributed by atoms with Crippen molar-refractivity contribution in [2.75, 3.05) is 0 Å². The second-order valence-electron chi connectivity index (χ2n) is 4.38. The van der Waals surface area contributed by atoms with Crippen LogP contribution in [0.4, 0.5) is 13.2 Å². The van der Waals surface area contributed by atoms with E-state index in [1.54, 1.807) is 12.3 Å². The molecule has 4 nitrogen and oxygen atoms in total. The van der Waals surface area contributed by atoms with Crippen molar-refractivity contribution in [3.8, 4) is 5.69 Å². The quantitative estimate of drug-likeness (QED) is 0.930. The molecule has 1 atom stereocenters. The molecular formula is C12H13F3N4. The standard InChI is InChI=1S/C12H13F3N4/c1-8(16)4-9-5-10(7-17-6-9)19-3-2-11(18-19)12(13,14)15/h2-3,5-8H,4,16H2,1H3. The summed E-state index contributed by atoms with van der Waals surface area (Å²) >= 11 is 0. The monoisotopic (exact) mass is 270 g/mol. The van der Waals surface area contributed by atoms with E-state index in [0.717, 1.165) is 16.3 Å². The van der Waals surface area contributed by atoms with E-state index in [1.165, 1.54) is 12.4 Å². The van der Waals surface area contributed by atoms with E-state index >= 15 is 0 Å². The average Bonchev–Trinajstić information content (AvgIpc) is 2.77. The molecule has 0 amide bonds. The van der Waals surface area contributed by atoms with Crippen LogP contribution in [0, 0.1) is 0 Å². The van der Waals surface area contributed by atoms with Gasteiger partial charge in [-0.3, -0.25) is 4.98 Å². The van der Waals surface area contributed by atoms with Crippen LogP contribution in [-0.2, 0) is 12.6 Å². The van der Waals surface area contributed by atoms with Crippen molar-refractivity contribution in [1.29, 1.82) is 0 Å². The Kier molecular flexibility index (Phi) is 3.57. The van der Waals surface area contributed by atoms with Crippen LogP contribution < -0.4 is 5.73 Å². The van der Waals surface area contributed by atoms with Crippen LogP contribution in [-0.4, -0.2) is 20.8 Å². The predicted octanol–water partition coefficient (Wildman–Crippen LogP) is 2.18. The number of rotatable bonds is 3. The normalized spacial score (nSPS) is 13.5. The number of aromatic nitrogens is 3. The van der Waals surface area contributed by atoms with Crippen LogP contribution >= 0.6 is 0 Å². The van der Waals surface area contributed by atoms with Crippen molar-refractivity contribution in [3.05, 3.63) is 42.0 Å². The number of nitrogens with two attached hydrogens (primary N) is 1. The van der Waals surface area contributed by atoms with E-state index < -0.39 is 11.9 Å². The number of nitrogens with zero attached hydrogens (tertiary/aromatic N) is 3. The lowest BCUT2D eigenvalue weighted by Crippen LogP contribution is -2.18. The maximum Gasteiger partial charge on any atom is 0.435 e. The van der Waals surface area contributed by atoms with Gasteiger partial charge in [-0.2, -0.15) is 18.3 Å². The van der Waals surface area contributed by atoms with Gasteiger partial charge in [-0.05, 0) is 31.0 Å². The molecule has 0 saturated carbocycles. The number of alkyl halides is 3. The number of pyridine rings is 1. The lowest BCUT2D eigenvalue weighted by molar-refractivity contribution is -0.141. The molecule has 0 fully saturated rings. The minimum absolute atomic E-state index is 0.0413. The van der Waals surface area contributed by atoms with Gasteiger partial charge in [0, 0.05) is 18.4 Å². The minimum Gasteiger partial charge on any atom is -0.328 e. The van der Waals surface area contributed by atoms with E-state index in [0.29, 0.717) is 12.1 Å². The van der Waals surface area contributed by atoms with Gasteiger partial charge in [0.15, 0.2) is 5.69 Å². The molecule has 0 aliphatic rings. The van der Waals surface area contributed by atoms with Crippen molar-refractivity contribution in [2.45, 2.75) is 25.6 Å². The Morgan fingerprint density at radius 1 is 1.37 bits per heavy atom. The van der Waals surface area contributed by atoms with E-state index in [2.05, 4.69) is 10.1 Å². The lowest BCUT2D eigenvalue weighted by atomic mass is 10.1. The van der Waals surface area contributed by atoms with Gasteiger partial charge in [0.25, 0.3) is 0 Å². The zero-order valence-electron chi connectivity index (χ0n) is 10.2. The minimum atomic E-state index is -4.44. The summed E-state index contributed by atoms with van der Waals surface area (Å²) in [7, 11) is 0. The summed E-state index contributed by atoms with van der Waals surface area (Å²) in [4.78, 5) is 3.99. The summed E-state index contributed by atoms with van der Waals surface area (Å²) < 4.78 is 38.5. The van der Waals surface area contributed by atoms with Gasteiger partial charge >= 0.3 is 6.18 Å². The lowest BCUT2D eigenvalue weighted by Gasteiger charge is -2.07. The zero-order chi connectivity index (χ0) is 14.0. The first kappa shape index (κ1) is 13.5. The first-order chi connectivity index (χ1) is 8.86. The Morgan fingerprint density at radius 2 is 2.11 bits per heavy atom. The van der Waals surface area contributed by atoms with Gasteiger partial charge in [-0.1, -0.05) is 0 Å². The Hall–Kier alpha value is -1.89. The van der Waals surface area contributed by atoms with Crippen molar-refractivity contribution >= 4 is 0 Å². The SMILES string of the molecule is CC(N)Cc1cncc(-n2ccc(C(F)(F)F)n2)c1. The largest absolute Gasteiger partial charge is 0.435 e. The molecule has 0 spiro atoms. The molecule has 2 heterocycles. The third-order valence-electron chi connectivity index (χ3n) is 2.48. The molecule has 1 unspecified atom stereocenters. The van der Waals surface area contributed by atoms with Crippen LogP contribution in [0.1, 0.15) is 18.2 Å². The van der Waals surface area contributed by atoms with Crippen LogP contribution in [0.25, 0.3) is 5.69 Å². The maximum atomic E-state index is 12.5. The van der Waals surface area contributed by atoms with Crippen LogP contribution in [0.15, 0.2) is 30.7 Å². The fourth-order valence-corrected chi connectivity index (χ4v) is 1.70. The van der Waals surface area contributed by atoms with Crippen molar-refractivity contribution in [2.24, 2.45) is 5.73 Å². The number of halogens is 3. The molecule has 0 aliphatic carbocycles. The predicted molar refractivity (Wildman–Crippen MR) is 63.7 cm³/mol. The molecular weight excluding hydrogens is 257 g/mol. The molecule has 102 valence electrons. The molecule has 0 saturated heterocycles. The van der Waals surface area contributed by atoms with E-state index in [-0.39, 0.29) is 6.04 Å².